The molecule has 0 unspecified atom stereocenters. The van der Waals surface area contributed by atoms with Gasteiger partial charge in [-0.25, -0.2) is 8.42 Å². The summed E-state index contributed by atoms with van der Waals surface area (Å²) >= 11 is 0. The molecular weight excluding hydrogens is 418 g/mol. The third-order valence-electron chi connectivity index (χ3n) is 4.71. The van der Waals surface area contributed by atoms with E-state index in [2.05, 4.69) is 10.0 Å². The average molecular weight is 439 g/mol. The highest BCUT2D eigenvalue weighted by Crippen LogP contribution is 2.24. The summed E-state index contributed by atoms with van der Waals surface area (Å²) in [6.07, 6.45) is 0. The van der Waals surface area contributed by atoms with Crippen LogP contribution in [0, 0.1) is 30.9 Å². The molecule has 0 aliphatic heterocycles. The maximum absolute atomic E-state index is 12.9. The van der Waals surface area contributed by atoms with Gasteiger partial charge in [0.05, 0.1) is 15.5 Å². The Kier molecular flexibility index (Phi) is 6.07. The summed E-state index contributed by atoms with van der Waals surface area (Å²) in [6, 6.07) is 15.3. The predicted molar refractivity (Wildman–Crippen MR) is 119 cm³/mol. The normalized spacial score (nSPS) is 11.1. The van der Waals surface area contributed by atoms with Crippen molar-refractivity contribution < 1.29 is 18.1 Å². The molecule has 3 aromatic rings. The summed E-state index contributed by atoms with van der Waals surface area (Å²) in [6.45, 7) is 5.24. The molecule has 8 nitrogen and oxygen atoms in total. The second kappa shape index (κ2) is 8.57. The standard InChI is InChI=1S/C22H21N3O5S/c1-14-5-4-6-17(11-14)24-31(29,30)19-10-8-15(2)20(13-19)22(26)23-21-12-18(25(27)28)9-7-16(21)3/h4-13,24H,1-3H3,(H,23,26). The lowest BCUT2D eigenvalue weighted by Gasteiger charge is -2.13. The van der Waals surface area contributed by atoms with Crippen LogP contribution in [0.3, 0.4) is 0 Å². The maximum atomic E-state index is 12.9. The van der Waals surface area contributed by atoms with Gasteiger partial charge in [-0.2, -0.15) is 0 Å². The molecule has 3 aromatic carbocycles. The number of carbonyl (C=O) groups is 1. The first-order valence-corrected chi connectivity index (χ1v) is 10.8. The fourth-order valence-electron chi connectivity index (χ4n) is 2.98. The summed E-state index contributed by atoms with van der Waals surface area (Å²) in [4.78, 5) is 23.3. The van der Waals surface area contributed by atoms with Gasteiger partial charge in [-0.15, -0.1) is 0 Å². The molecule has 2 N–H and O–H groups in total. The van der Waals surface area contributed by atoms with E-state index in [9.17, 15) is 23.3 Å². The Morgan fingerprint density at radius 2 is 1.65 bits per heavy atom. The Morgan fingerprint density at radius 1 is 0.935 bits per heavy atom. The van der Waals surface area contributed by atoms with Crippen molar-refractivity contribution in [2.45, 2.75) is 25.7 Å². The minimum atomic E-state index is -3.92. The van der Waals surface area contributed by atoms with Crippen molar-refractivity contribution in [3.05, 3.63) is 93.0 Å². The summed E-state index contributed by atoms with van der Waals surface area (Å²) in [5.74, 6) is -0.561. The molecule has 0 bridgehead atoms. The van der Waals surface area contributed by atoms with Crippen LogP contribution in [-0.2, 0) is 10.0 Å². The van der Waals surface area contributed by atoms with Crippen molar-refractivity contribution >= 4 is 33.0 Å². The molecule has 0 saturated heterocycles. The van der Waals surface area contributed by atoms with Crippen LogP contribution in [0.1, 0.15) is 27.0 Å². The highest BCUT2D eigenvalue weighted by Gasteiger charge is 2.19. The molecule has 0 aromatic heterocycles. The first-order chi connectivity index (χ1) is 14.6. The summed E-state index contributed by atoms with van der Waals surface area (Å²) in [5, 5.41) is 13.7. The van der Waals surface area contributed by atoms with Crippen molar-refractivity contribution in [2.24, 2.45) is 0 Å². The van der Waals surface area contributed by atoms with Crippen LogP contribution in [0.15, 0.2) is 65.6 Å². The Bertz CT molecular complexity index is 1290. The zero-order valence-electron chi connectivity index (χ0n) is 17.2. The Morgan fingerprint density at radius 3 is 2.32 bits per heavy atom. The van der Waals surface area contributed by atoms with E-state index in [4.69, 9.17) is 0 Å². The SMILES string of the molecule is Cc1cccc(NS(=O)(=O)c2ccc(C)c(C(=O)Nc3cc([N+](=O)[O-])ccc3C)c2)c1. The molecule has 0 radical (unpaired) electrons. The van der Waals surface area contributed by atoms with E-state index in [1.165, 1.54) is 30.3 Å². The number of nitrogens with zero attached hydrogens (tertiary/aromatic N) is 1. The van der Waals surface area contributed by atoms with Gasteiger partial charge >= 0.3 is 0 Å². The summed E-state index contributed by atoms with van der Waals surface area (Å²) in [7, 11) is -3.92. The Labute approximate surface area is 180 Å². The van der Waals surface area contributed by atoms with Crippen molar-refractivity contribution in [3.63, 3.8) is 0 Å². The predicted octanol–water partition coefficient (Wildman–Crippen LogP) is 4.57. The highest BCUT2D eigenvalue weighted by atomic mass is 32.2. The zero-order chi connectivity index (χ0) is 22.8. The first-order valence-electron chi connectivity index (χ1n) is 9.33. The van der Waals surface area contributed by atoms with E-state index in [0.29, 0.717) is 16.8 Å². The van der Waals surface area contributed by atoms with Crippen LogP contribution in [0.25, 0.3) is 0 Å². The number of aryl methyl sites for hydroxylation is 3. The molecule has 31 heavy (non-hydrogen) atoms. The number of nitro groups is 1. The lowest BCUT2D eigenvalue weighted by Crippen LogP contribution is -2.17. The number of amides is 1. The van der Waals surface area contributed by atoms with E-state index >= 15 is 0 Å². The molecule has 160 valence electrons. The van der Waals surface area contributed by atoms with Crippen LogP contribution in [0.4, 0.5) is 17.1 Å². The minimum Gasteiger partial charge on any atom is -0.321 e. The van der Waals surface area contributed by atoms with Crippen LogP contribution in [-0.4, -0.2) is 19.2 Å². The summed E-state index contributed by atoms with van der Waals surface area (Å²) < 4.78 is 28.1. The van der Waals surface area contributed by atoms with Gasteiger partial charge in [-0.1, -0.05) is 24.3 Å². The average Bonchev–Trinajstić information content (AvgIpc) is 2.69. The molecule has 0 atom stereocenters. The summed E-state index contributed by atoms with van der Waals surface area (Å²) in [5.41, 5.74) is 2.80. The quantitative estimate of drug-likeness (QED) is 0.431. The van der Waals surface area contributed by atoms with Crippen molar-refractivity contribution in [1.29, 1.82) is 0 Å². The zero-order valence-corrected chi connectivity index (χ0v) is 18.0. The van der Waals surface area contributed by atoms with Gasteiger partial charge in [-0.3, -0.25) is 19.6 Å². The number of benzene rings is 3. The number of non-ortho nitro benzene ring substituents is 1. The number of hydrogen-bond donors (Lipinski definition) is 2. The van der Waals surface area contributed by atoms with Gasteiger partial charge < -0.3 is 5.32 Å². The molecule has 0 aliphatic rings. The largest absolute Gasteiger partial charge is 0.321 e. The highest BCUT2D eigenvalue weighted by molar-refractivity contribution is 7.92. The van der Waals surface area contributed by atoms with Crippen LogP contribution in [0.2, 0.25) is 0 Å². The van der Waals surface area contributed by atoms with Crippen LogP contribution >= 0.6 is 0 Å². The molecule has 1 amide bonds. The number of hydrogen-bond acceptors (Lipinski definition) is 5. The monoisotopic (exact) mass is 439 g/mol. The van der Waals surface area contributed by atoms with E-state index in [1.54, 1.807) is 38.1 Å². The fourth-order valence-corrected chi connectivity index (χ4v) is 4.06. The van der Waals surface area contributed by atoms with E-state index < -0.39 is 20.9 Å². The van der Waals surface area contributed by atoms with E-state index in [0.717, 1.165) is 5.56 Å². The second-order valence-corrected chi connectivity index (χ2v) is 8.84. The van der Waals surface area contributed by atoms with Gasteiger partial charge in [0.25, 0.3) is 21.6 Å². The molecule has 0 heterocycles. The molecule has 0 saturated carbocycles. The number of nitrogens with one attached hydrogen (secondary N) is 2. The van der Waals surface area contributed by atoms with Gasteiger partial charge in [0.2, 0.25) is 0 Å². The topological polar surface area (TPSA) is 118 Å². The molecule has 0 aliphatic carbocycles. The van der Waals surface area contributed by atoms with E-state index in [1.807, 2.05) is 13.0 Å². The second-order valence-electron chi connectivity index (χ2n) is 7.16. The van der Waals surface area contributed by atoms with Crippen molar-refractivity contribution in [1.82, 2.24) is 0 Å². The number of anilines is 2. The van der Waals surface area contributed by atoms with Crippen molar-refractivity contribution in [3.8, 4) is 0 Å². The Hall–Kier alpha value is -3.72. The Balaban J connectivity index is 1.91. The molecule has 0 fully saturated rings. The lowest BCUT2D eigenvalue weighted by molar-refractivity contribution is -0.384. The maximum Gasteiger partial charge on any atom is 0.271 e. The number of nitro benzene ring substituents is 1. The van der Waals surface area contributed by atoms with Crippen LogP contribution < -0.4 is 10.0 Å². The van der Waals surface area contributed by atoms with Gasteiger partial charge in [0.15, 0.2) is 0 Å². The number of carbonyl (C=O) groups excluding carboxylic acids is 1. The minimum absolute atomic E-state index is 0.0690. The number of rotatable bonds is 6. The van der Waals surface area contributed by atoms with Gasteiger partial charge in [-0.05, 0) is 61.7 Å². The molecule has 0 spiro atoms. The molecule has 3 rings (SSSR count). The van der Waals surface area contributed by atoms with E-state index in [-0.39, 0.29) is 21.8 Å². The third kappa shape index (κ3) is 5.07. The van der Waals surface area contributed by atoms with Gasteiger partial charge in [0.1, 0.15) is 0 Å². The third-order valence-corrected chi connectivity index (χ3v) is 6.09. The molecular formula is C22H21N3O5S. The van der Waals surface area contributed by atoms with Gasteiger partial charge in [0, 0.05) is 23.4 Å². The first kappa shape index (κ1) is 22.0. The molecule has 9 heteroatoms. The smallest absolute Gasteiger partial charge is 0.271 e. The lowest BCUT2D eigenvalue weighted by atomic mass is 10.1. The van der Waals surface area contributed by atoms with Crippen LogP contribution in [0.5, 0.6) is 0 Å². The fraction of sp³-hybridized carbons (Fsp3) is 0.136. The van der Waals surface area contributed by atoms with Crippen molar-refractivity contribution in [2.75, 3.05) is 10.0 Å². The number of sulfonamides is 1.